The second kappa shape index (κ2) is 11.2. The van der Waals surface area contributed by atoms with E-state index in [-0.39, 0.29) is 33.9 Å². The van der Waals surface area contributed by atoms with Gasteiger partial charge in [-0.25, -0.2) is 17.8 Å². The number of aromatic nitrogens is 4. The second-order valence-electron chi connectivity index (χ2n) is 10.6. The second-order valence-corrected chi connectivity index (χ2v) is 13.5. The lowest BCUT2D eigenvalue weighted by molar-refractivity contribution is 0.530. The summed E-state index contributed by atoms with van der Waals surface area (Å²) in [5.41, 5.74) is 3.15. The molecule has 3 N–H and O–H groups in total. The number of aromatic amines is 1. The van der Waals surface area contributed by atoms with Crippen LogP contribution in [0.5, 0.6) is 0 Å². The fourth-order valence-electron chi connectivity index (χ4n) is 5.42. The predicted octanol–water partition coefficient (Wildman–Crippen LogP) is 6.87. The summed E-state index contributed by atoms with van der Waals surface area (Å²) in [6.45, 7) is 3.87. The number of sulfone groups is 1. The van der Waals surface area contributed by atoms with Crippen molar-refractivity contribution in [3.8, 4) is 0 Å². The maximum Gasteiger partial charge on any atom is 0.229 e. The van der Waals surface area contributed by atoms with Gasteiger partial charge < -0.3 is 10.6 Å². The van der Waals surface area contributed by atoms with Gasteiger partial charge in [-0.05, 0) is 81.5 Å². The van der Waals surface area contributed by atoms with E-state index in [1.54, 1.807) is 12.1 Å². The van der Waals surface area contributed by atoms with E-state index >= 15 is 4.39 Å². The summed E-state index contributed by atoms with van der Waals surface area (Å²) in [5.74, 6) is 0.959. The minimum Gasteiger partial charge on any atom is -0.322 e. The van der Waals surface area contributed by atoms with Crippen LogP contribution in [-0.4, -0.2) is 39.1 Å². The largest absolute Gasteiger partial charge is 0.322 e. The van der Waals surface area contributed by atoms with Crippen LogP contribution in [-0.2, 0) is 9.84 Å². The molecule has 2 atom stereocenters. The third-order valence-corrected chi connectivity index (χ3v) is 10.7. The highest BCUT2D eigenvalue weighted by molar-refractivity contribution is 7.92. The van der Waals surface area contributed by atoms with Gasteiger partial charge in [0, 0.05) is 11.8 Å². The van der Waals surface area contributed by atoms with Crippen molar-refractivity contribution in [1.82, 2.24) is 20.2 Å². The predicted molar refractivity (Wildman–Crippen MR) is 149 cm³/mol. The maximum atomic E-state index is 15.3. The number of H-pyrrole nitrogens is 1. The van der Waals surface area contributed by atoms with Crippen LogP contribution in [0.3, 0.4) is 0 Å². The summed E-state index contributed by atoms with van der Waals surface area (Å²) < 4.78 is 40.9. The molecule has 2 fully saturated rings. The Morgan fingerprint density at radius 3 is 2.42 bits per heavy atom. The average molecular weight is 561 g/mol. The van der Waals surface area contributed by atoms with Crippen molar-refractivity contribution in [3.63, 3.8) is 0 Å². The minimum absolute atomic E-state index is 0.105. The van der Waals surface area contributed by atoms with Gasteiger partial charge in [0.2, 0.25) is 5.95 Å². The highest BCUT2D eigenvalue weighted by Crippen LogP contribution is 2.39. The van der Waals surface area contributed by atoms with E-state index in [1.807, 2.05) is 19.9 Å². The Kier molecular flexibility index (Phi) is 7.90. The normalized spacial score (nSPS) is 20.8. The van der Waals surface area contributed by atoms with Crippen LogP contribution in [0, 0.1) is 19.7 Å². The molecule has 0 saturated heterocycles. The Hall–Kier alpha value is -2.72. The zero-order valence-electron chi connectivity index (χ0n) is 21.7. The first-order chi connectivity index (χ1) is 18.2. The summed E-state index contributed by atoms with van der Waals surface area (Å²) in [6.07, 6.45) is 9.04. The van der Waals surface area contributed by atoms with E-state index in [1.165, 1.54) is 6.20 Å². The third kappa shape index (κ3) is 6.12. The van der Waals surface area contributed by atoms with Crippen molar-refractivity contribution in [2.24, 2.45) is 0 Å². The fraction of sp³-hybridized carbons (Fsp3) is 0.519. The summed E-state index contributed by atoms with van der Waals surface area (Å²) in [5, 5.41) is 13.0. The van der Waals surface area contributed by atoms with E-state index in [0.29, 0.717) is 23.1 Å². The van der Waals surface area contributed by atoms with Crippen molar-refractivity contribution in [2.75, 3.05) is 10.6 Å². The third-order valence-electron chi connectivity index (χ3n) is 7.60. The molecule has 2 aliphatic rings. The Morgan fingerprint density at radius 1 is 0.974 bits per heavy atom. The van der Waals surface area contributed by atoms with Crippen molar-refractivity contribution in [1.29, 1.82) is 0 Å². The summed E-state index contributed by atoms with van der Waals surface area (Å²) in [4.78, 5) is 8.60. The molecule has 8 nitrogen and oxygen atoms in total. The number of anilines is 4. The van der Waals surface area contributed by atoms with Gasteiger partial charge in [-0.1, -0.05) is 30.9 Å². The lowest BCUT2D eigenvalue weighted by atomic mass is 9.86. The Bertz CT molecular complexity index is 1410. The van der Waals surface area contributed by atoms with E-state index in [9.17, 15) is 8.42 Å². The molecule has 0 bridgehead atoms. The average Bonchev–Trinajstić information content (AvgIpc) is 3.64. The molecule has 38 heavy (non-hydrogen) atoms. The Morgan fingerprint density at radius 2 is 1.68 bits per heavy atom. The molecular formula is C27H34ClFN6O2S. The van der Waals surface area contributed by atoms with Crippen LogP contribution in [0.15, 0.2) is 24.4 Å². The number of nitrogens with one attached hydrogen (secondary N) is 3. The molecule has 2 aromatic heterocycles. The van der Waals surface area contributed by atoms with Crippen LogP contribution in [0.25, 0.3) is 0 Å². The zero-order chi connectivity index (χ0) is 26.9. The van der Waals surface area contributed by atoms with Crippen LogP contribution >= 0.6 is 11.6 Å². The van der Waals surface area contributed by atoms with Crippen LogP contribution in [0.2, 0.25) is 5.02 Å². The summed E-state index contributed by atoms with van der Waals surface area (Å²) in [7, 11) is -3.00. The van der Waals surface area contributed by atoms with Crippen LogP contribution in [0.4, 0.5) is 27.7 Å². The van der Waals surface area contributed by atoms with Gasteiger partial charge in [0.25, 0.3) is 0 Å². The number of nitrogens with zero attached hydrogens (tertiary/aromatic N) is 3. The van der Waals surface area contributed by atoms with E-state index < -0.39 is 9.84 Å². The quantitative estimate of drug-likeness (QED) is 0.289. The topological polar surface area (TPSA) is 113 Å². The molecule has 2 aliphatic carbocycles. The summed E-state index contributed by atoms with van der Waals surface area (Å²) in [6, 6.07) is 5.22. The molecule has 2 heterocycles. The van der Waals surface area contributed by atoms with Gasteiger partial charge in [-0.3, -0.25) is 5.10 Å². The van der Waals surface area contributed by atoms with Crippen molar-refractivity contribution >= 4 is 44.7 Å². The smallest absolute Gasteiger partial charge is 0.229 e. The number of aryl methyl sites for hydroxylation is 2. The number of hydrogen-bond donors (Lipinski definition) is 3. The fourth-order valence-corrected chi connectivity index (χ4v) is 7.89. The lowest BCUT2D eigenvalue weighted by Gasteiger charge is -2.20. The first kappa shape index (κ1) is 26.9. The molecule has 2 saturated carbocycles. The zero-order valence-corrected chi connectivity index (χ0v) is 23.3. The van der Waals surface area contributed by atoms with Crippen molar-refractivity contribution < 1.29 is 12.8 Å². The van der Waals surface area contributed by atoms with Gasteiger partial charge in [-0.15, -0.1) is 0 Å². The highest BCUT2D eigenvalue weighted by atomic mass is 35.5. The molecule has 2 unspecified atom stereocenters. The van der Waals surface area contributed by atoms with Gasteiger partial charge >= 0.3 is 0 Å². The molecule has 5 rings (SSSR count). The molecular weight excluding hydrogens is 527 g/mol. The van der Waals surface area contributed by atoms with E-state index in [2.05, 4.69) is 30.8 Å². The lowest BCUT2D eigenvalue weighted by Crippen LogP contribution is -2.25. The van der Waals surface area contributed by atoms with Crippen LogP contribution < -0.4 is 10.6 Å². The number of halogens is 2. The van der Waals surface area contributed by atoms with Crippen molar-refractivity contribution in [3.05, 3.63) is 52.1 Å². The molecule has 3 aromatic rings. The molecule has 0 spiro atoms. The Labute approximate surface area is 228 Å². The van der Waals surface area contributed by atoms with Gasteiger partial charge in [0.05, 0.1) is 22.4 Å². The molecule has 0 aliphatic heterocycles. The SMILES string of the molecule is Cc1cc(Nc2nc(Nc3cc(C)c(C4CCCCC(S(=O)(=O)C5CC5)CCC4)cc3F)ncc2Cl)n[nH]1. The number of benzene rings is 1. The maximum absolute atomic E-state index is 15.3. The highest BCUT2D eigenvalue weighted by Gasteiger charge is 2.40. The standard InChI is InChI=1S/C27H34ClFN6O2S/c1-16-12-24(31-27-30-15-22(28)26(33-27)32-25-13-17(2)34-35-25)23(29)14-21(16)18-6-3-4-8-19(9-5-7-18)38(36,37)20-10-11-20/h12-15,18-20H,3-11H2,1-2H3,(H3,30,31,32,33,34,35). The Balaban J connectivity index is 1.29. The monoisotopic (exact) mass is 560 g/mol. The summed E-state index contributed by atoms with van der Waals surface area (Å²) >= 11 is 6.25. The molecule has 11 heteroatoms. The first-order valence-electron chi connectivity index (χ1n) is 13.3. The molecule has 0 amide bonds. The molecule has 204 valence electrons. The van der Waals surface area contributed by atoms with Gasteiger partial charge in [0.1, 0.15) is 10.8 Å². The number of rotatable bonds is 7. The van der Waals surface area contributed by atoms with Gasteiger partial charge in [-0.2, -0.15) is 10.1 Å². The van der Waals surface area contributed by atoms with Crippen LogP contribution in [0.1, 0.15) is 80.5 Å². The number of hydrogen-bond acceptors (Lipinski definition) is 7. The van der Waals surface area contributed by atoms with E-state index in [0.717, 1.165) is 68.2 Å². The molecule has 1 aromatic carbocycles. The van der Waals surface area contributed by atoms with Gasteiger partial charge in [0.15, 0.2) is 21.5 Å². The van der Waals surface area contributed by atoms with Crippen molar-refractivity contribution in [2.45, 2.75) is 88.1 Å². The molecule has 0 radical (unpaired) electrons. The van der Waals surface area contributed by atoms with E-state index in [4.69, 9.17) is 11.6 Å². The minimum atomic E-state index is -3.00. The first-order valence-corrected chi connectivity index (χ1v) is 15.3.